The number of nitrogens with one attached hydrogen (secondary N) is 2. The molecule has 162 valence electrons. The molecule has 3 aromatic rings. The molecule has 1 aliphatic carbocycles. The molecule has 31 heavy (non-hydrogen) atoms. The zero-order chi connectivity index (χ0) is 22.1. The summed E-state index contributed by atoms with van der Waals surface area (Å²) in [5.74, 6) is -0.826. The van der Waals surface area contributed by atoms with E-state index in [-0.39, 0.29) is 11.6 Å². The van der Waals surface area contributed by atoms with Gasteiger partial charge in [0, 0.05) is 23.5 Å². The lowest BCUT2D eigenvalue weighted by atomic mass is 9.95. The maximum atomic E-state index is 13.1. The molecule has 0 aliphatic heterocycles. The average Bonchev–Trinajstić information content (AvgIpc) is 3.12. The topological polar surface area (TPSA) is 93.1 Å². The molecule has 2 heterocycles. The molecule has 4 rings (SSSR count). The van der Waals surface area contributed by atoms with Crippen LogP contribution in [0.4, 0.5) is 5.00 Å². The smallest absolute Gasteiger partial charge is 0.280 e. The number of aromatic nitrogens is 2. The predicted octanol–water partition coefficient (Wildman–Crippen LogP) is 3.92. The number of rotatable bonds is 5. The van der Waals surface area contributed by atoms with Crippen molar-refractivity contribution in [1.29, 1.82) is 0 Å². The van der Waals surface area contributed by atoms with Crippen molar-refractivity contribution in [2.75, 3.05) is 11.9 Å². The second kappa shape index (κ2) is 8.80. The molecule has 2 N–H and O–H groups in total. The third-order valence-corrected chi connectivity index (χ3v) is 6.84. The summed E-state index contributed by atoms with van der Waals surface area (Å²) in [6.45, 7) is 2.55. The minimum absolute atomic E-state index is 0.192. The van der Waals surface area contributed by atoms with Gasteiger partial charge in [-0.05, 0) is 55.9 Å². The van der Waals surface area contributed by atoms with Crippen molar-refractivity contribution in [2.24, 2.45) is 7.05 Å². The van der Waals surface area contributed by atoms with E-state index in [1.165, 1.54) is 22.1 Å². The Labute approximate surface area is 188 Å². The highest BCUT2D eigenvalue weighted by Crippen LogP contribution is 2.38. The minimum atomic E-state index is -0.634. The summed E-state index contributed by atoms with van der Waals surface area (Å²) in [6, 6.07) is 4.89. The maximum absolute atomic E-state index is 13.1. The Bertz CT molecular complexity index is 1250. The summed E-state index contributed by atoms with van der Waals surface area (Å²) in [5.41, 5.74) is 1.38. The van der Waals surface area contributed by atoms with Crippen LogP contribution in [0.2, 0.25) is 5.02 Å². The van der Waals surface area contributed by atoms with Crippen LogP contribution in [0.25, 0.3) is 10.9 Å². The first kappa shape index (κ1) is 21.5. The molecule has 0 unspecified atom stereocenters. The van der Waals surface area contributed by atoms with Gasteiger partial charge in [-0.15, -0.1) is 11.3 Å². The van der Waals surface area contributed by atoms with Crippen LogP contribution in [0.1, 0.15) is 57.5 Å². The third kappa shape index (κ3) is 4.09. The molecule has 7 nitrogen and oxygen atoms in total. The van der Waals surface area contributed by atoms with Crippen LogP contribution in [0.5, 0.6) is 0 Å². The molecular weight excluding hydrogens is 436 g/mol. The predicted molar refractivity (Wildman–Crippen MR) is 124 cm³/mol. The van der Waals surface area contributed by atoms with E-state index in [4.69, 9.17) is 11.6 Å². The number of carbonyl (C=O) groups excluding carboxylic acids is 2. The van der Waals surface area contributed by atoms with Crippen molar-refractivity contribution in [2.45, 2.75) is 39.0 Å². The zero-order valence-corrected chi connectivity index (χ0v) is 19.0. The molecule has 0 saturated heterocycles. The molecule has 9 heteroatoms. The lowest BCUT2D eigenvalue weighted by Gasteiger charge is -2.13. The van der Waals surface area contributed by atoms with Gasteiger partial charge in [0.1, 0.15) is 5.00 Å². The number of fused-ring (bicyclic) bond motifs is 2. The van der Waals surface area contributed by atoms with E-state index in [9.17, 15) is 14.4 Å². The number of carbonyl (C=O) groups is 2. The molecule has 2 aromatic heterocycles. The third-order valence-electron chi connectivity index (χ3n) is 5.39. The molecule has 1 aliphatic rings. The summed E-state index contributed by atoms with van der Waals surface area (Å²) in [7, 11) is 1.67. The molecule has 0 saturated carbocycles. The Balaban J connectivity index is 1.74. The fourth-order valence-corrected chi connectivity index (χ4v) is 5.33. The maximum Gasteiger partial charge on any atom is 0.280 e. The summed E-state index contributed by atoms with van der Waals surface area (Å²) in [5, 5.41) is 11.1. The molecule has 1 aromatic carbocycles. The second-order valence-corrected chi connectivity index (χ2v) is 9.13. The Morgan fingerprint density at radius 2 is 2.00 bits per heavy atom. The first-order valence-electron chi connectivity index (χ1n) is 10.3. The van der Waals surface area contributed by atoms with Crippen molar-refractivity contribution in [3.05, 3.63) is 55.1 Å². The molecule has 0 radical (unpaired) electrons. The van der Waals surface area contributed by atoms with Gasteiger partial charge in [-0.25, -0.2) is 0 Å². The van der Waals surface area contributed by atoms with E-state index in [0.29, 0.717) is 33.0 Å². The number of nitrogens with zero attached hydrogens (tertiary/aromatic N) is 2. The summed E-state index contributed by atoms with van der Waals surface area (Å²) in [6.07, 6.45) is 4.59. The standard InChI is InChI=1S/C22H23ClN4O3S/c1-3-10-24-20(29)17-13-6-4-5-7-16(13)31-22(17)25-21(30)18-19(28)14-11-12(23)8-9-15(14)27(2)26-18/h8-9,11H,3-7,10H2,1-2H3,(H,24,29)(H,25,30). The molecule has 2 amide bonds. The molecular formula is C22H23ClN4O3S. The van der Waals surface area contributed by atoms with Gasteiger partial charge in [0.2, 0.25) is 5.43 Å². The zero-order valence-electron chi connectivity index (χ0n) is 17.4. The van der Waals surface area contributed by atoms with Gasteiger partial charge < -0.3 is 10.6 Å². The van der Waals surface area contributed by atoms with Crippen LogP contribution in [-0.2, 0) is 19.9 Å². The van der Waals surface area contributed by atoms with Crippen LogP contribution in [0.15, 0.2) is 23.0 Å². The van der Waals surface area contributed by atoms with Crippen molar-refractivity contribution in [3.8, 4) is 0 Å². The van der Waals surface area contributed by atoms with E-state index >= 15 is 0 Å². The first-order chi connectivity index (χ1) is 14.9. The monoisotopic (exact) mass is 458 g/mol. The van der Waals surface area contributed by atoms with Gasteiger partial charge in [-0.3, -0.25) is 19.1 Å². The first-order valence-corrected chi connectivity index (χ1v) is 11.5. The van der Waals surface area contributed by atoms with Gasteiger partial charge in [0.15, 0.2) is 5.69 Å². The number of benzene rings is 1. The number of hydrogen-bond acceptors (Lipinski definition) is 5. The molecule has 0 spiro atoms. The number of amides is 2. The normalized spacial score (nSPS) is 13.1. The van der Waals surface area contributed by atoms with E-state index in [0.717, 1.165) is 42.5 Å². The van der Waals surface area contributed by atoms with E-state index in [1.807, 2.05) is 6.92 Å². The number of thiophene rings is 1. The number of hydrogen-bond donors (Lipinski definition) is 2. The average molecular weight is 459 g/mol. The van der Waals surface area contributed by atoms with E-state index in [2.05, 4.69) is 15.7 Å². The molecule has 0 bridgehead atoms. The van der Waals surface area contributed by atoms with Gasteiger partial charge in [-0.1, -0.05) is 18.5 Å². The highest BCUT2D eigenvalue weighted by molar-refractivity contribution is 7.17. The molecule has 0 atom stereocenters. The van der Waals surface area contributed by atoms with Crippen LogP contribution in [0.3, 0.4) is 0 Å². The number of anilines is 1. The quantitative estimate of drug-likeness (QED) is 0.606. The molecule has 0 fully saturated rings. The minimum Gasteiger partial charge on any atom is -0.352 e. The number of aryl methyl sites for hydroxylation is 2. The van der Waals surface area contributed by atoms with Crippen LogP contribution >= 0.6 is 22.9 Å². The highest BCUT2D eigenvalue weighted by atomic mass is 35.5. The van der Waals surface area contributed by atoms with Gasteiger partial charge in [0.25, 0.3) is 11.8 Å². The van der Waals surface area contributed by atoms with E-state index in [1.54, 1.807) is 19.2 Å². The van der Waals surface area contributed by atoms with Crippen molar-refractivity contribution in [1.82, 2.24) is 15.1 Å². The van der Waals surface area contributed by atoms with Crippen LogP contribution in [0, 0.1) is 0 Å². The number of halogens is 1. The van der Waals surface area contributed by atoms with Crippen LogP contribution < -0.4 is 16.1 Å². The summed E-state index contributed by atoms with van der Waals surface area (Å²) < 4.78 is 1.48. The fourth-order valence-electron chi connectivity index (χ4n) is 3.88. The Hall–Kier alpha value is -2.71. The van der Waals surface area contributed by atoms with Gasteiger partial charge in [0.05, 0.1) is 16.5 Å². The fraction of sp³-hybridized carbons (Fsp3) is 0.364. The highest BCUT2D eigenvalue weighted by Gasteiger charge is 2.27. The van der Waals surface area contributed by atoms with E-state index < -0.39 is 11.3 Å². The van der Waals surface area contributed by atoms with Crippen molar-refractivity contribution in [3.63, 3.8) is 0 Å². The van der Waals surface area contributed by atoms with Crippen molar-refractivity contribution < 1.29 is 9.59 Å². The lowest BCUT2D eigenvalue weighted by Crippen LogP contribution is -2.28. The van der Waals surface area contributed by atoms with Crippen LogP contribution in [-0.4, -0.2) is 28.1 Å². The second-order valence-electron chi connectivity index (χ2n) is 7.59. The Kier molecular flexibility index (Phi) is 6.11. The Morgan fingerprint density at radius 1 is 1.23 bits per heavy atom. The summed E-state index contributed by atoms with van der Waals surface area (Å²) in [4.78, 5) is 40.0. The SMILES string of the molecule is CCCNC(=O)c1c(NC(=O)c2nn(C)c3ccc(Cl)cc3c2=O)sc2c1CCCC2. The largest absolute Gasteiger partial charge is 0.352 e. The lowest BCUT2D eigenvalue weighted by molar-refractivity contribution is 0.0954. The Morgan fingerprint density at radius 3 is 2.77 bits per heavy atom. The summed E-state index contributed by atoms with van der Waals surface area (Å²) >= 11 is 7.46. The van der Waals surface area contributed by atoms with Gasteiger partial charge in [-0.2, -0.15) is 5.10 Å². The van der Waals surface area contributed by atoms with Gasteiger partial charge >= 0.3 is 0 Å². The van der Waals surface area contributed by atoms with Crippen molar-refractivity contribution >= 4 is 50.7 Å².